The van der Waals surface area contributed by atoms with Gasteiger partial charge >= 0.3 is 0 Å². The van der Waals surface area contributed by atoms with Gasteiger partial charge in [0.1, 0.15) is 0 Å². The normalized spacial score (nSPS) is 65.1. The summed E-state index contributed by atoms with van der Waals surface area (Å²) in [5.41, 5.74) is -0.844. The number of rotatable bonds is 1. The molecule has 2 spiro atoms. The van der Waals surface area contributed by atoms with Gasteiger partial charge in [-0.05, 0) is 43.9 Å². The molecule has 0 aromatic carbocycles. The summed E-state index contributed by atoms with van der Waals surface area (Å²) in [4.78, 5) is 11.8. The molecule has 0 radical (unpaired) electrons. The Labute approximate surface area is 113 Å². The largest absolute Gasteiger partial charge is 0.633 e. The molecule has 1 heterocycles. The molecule has 5 aliphatic rings. The van der Waals surface area contributed by atoms with Crippen LogP contribution in [-0.2, 0) is 0 Å². The maximum absolute atomic E-state index is 12.9. The van der Waals surface area contributed by atoms with Gasteiger partial charge in [-0.25, -0.2) is 0 Å². The van der Waals surface area contributed by atoms with Gasteiger partial charge < -0.3 is 10.3 Å². The minimum absolute atomic E-state index is 0.0828. The summed E-state index contributed by atoms with van der Waals surface area (Å²) in [6.07, 6.45) is 10.1. The van der Waals surface area contributed by atoms with Crippen LogP contribution in [0.5, 0.6) is 0 Å². The molecule has 7 atom stereocenters. The Kier molecular flexibility index (Phi) is 1.81. The first-order chi connectivity index (χ1) is 9.22. The van der Waals surface area contributed by atoms with Crippen molar-refractivity contribution >= 4 is 0 Å². The van der Waals surface area contributed by atoms with Gasteiger partial charge in [0.2, 0.25) is 0 Å². The predicted molar refractivity (Wildman–Crippen MR) is 70.3 cm³/mol. The lowest BCUT2D eigenvalue weighted by Gasteiger charge is -2.33. The molecule has 1 saturated heterocycles. The van der Waals surface area contributed by atoms with Gasteiger partial charge in [0.05, 0.1) is 0 Å². The van der Waals surface area contributed by atoms with Crippen molar-refractivity contribution in [3.8, 4) is 0 Å². The number of quaternary nitrogens is 1. The van der Waals surface area contributed by atoms with E-state index < -0.39 is 5.54 Å². The monoisotopic (exact) mass is 262 g/mol. The minimum Gasteiger partial charge on any atom is -0.633 e. The van der Waals surface area contributed by atoms with E-state index in [0.29, 0.717) is 16.9 Å². The molecule has 4 saturated carbocycles. The first kappa shape index (κ1) is 11.2. The van der Waals surface area contributed by atoms with Crippen molar-refractivity contribution in [1.29, 1.82) is 0 Å². The quantitative estimate of drug-likeness (QED) is 0.445. The SMILES string of the molecule is O=NC12CCCCC(C1)C1C3CCCC4(C3)[NH+]([O-])C124. The minimum atomic E-state index is -0.491. The summed E-state index contributed by atoms with van der Waals surface area (Å²) < 4.78 is 0. The van der Waals surface area contributed by atoms with Crippen LogP contribution in [0.1, 0.15) is 57.8 Å². The predicted octanol–water partition coefficient (Wildman–Crippen LogP) is 1.78. The van der Waals surface area contributed by atoms with Crippen LogP contribution >= 0.6 is 0 Å². The summed E-state index contributed by atoms with van der Waals surface area (Å²) >= 11 is 0. The third-order valence-corrected chi connectivity index (χ3v) is 7.71. The van der Waals surface area contributed by atoms with Crippen molar-refractivity contribution in [2.24, 2.45) is 22.9 Å². The molecule has 0 amide bonds. The molecule has 5 fully saturated rings. The Bertz CT molecular complexity index is 469. The topological polar surface area (TPSA) is 56.9 Å². The summed E-state index contributed by atoms with van der Waals surface area (Å²) in [6.45, 7) is 0. The van der Waals surface area contributed by atoms with E-state index in [1.165, 1.54) is 25.7 Å². The van der Waals surface area contributed by atoms with E-state index in [0.717, 1.165) is 38.0 Å². The second-order valence-electron chi connectivity index (χ2n) is 7.93. The first-order valence-electron chi connectivity index (χ1n) is 8.11. The number of fused-ring (bicyclic) bond motifs is 5. The highest BCUT2D eigenvalue weighted by Gasteiger charge is 2.96. The third kappa shape index (κ3) is 0.873. The maximum atomic E-state index is 12.9. The van der Waals surface area contributed by atoms with Crippen molar-refractivity contribution < 1.29 is 5.06 Å². The van der Waals surface area contributed by atoms with E-state index >= 15 is 0 Å². The zero-order chi connectivity index (χ0) is 12.9. The highest BCUT2D eigenvalue weighted by Crippen LogP contribution is 2.73. The Morgan fingerprint density at radius 1 is 1.05 bits per heavy atom. The van der Waals surface area contributed by atoms with E-state index in [2.05, 4.69) is 5.18 Å². The molecular formula is C15H22N2O2. The molecule has 104 valence electrons. The van der Waals surface area contributed by atoms with Gasteiger partial charge in [-0.15, -0.1) is 4.91 Å². The van der Waals surface area contributed by atoms with Crippen LogP contribution in [0, 0.1) is 27.9 Å². The highest BCUT2D eigenvalue weighted by molar-refractivity contribution is 5.37. The Balaban J connectivity index is 1.73. The van der Waals surface area contributed by atoms with Crippen LogP contribution in [0.4, 0.5) is 0 Å². The summed E-state index contributed by atoms with van der Waals surface area (Å²) in [5.74, 6) is 1.88. The van der Waals surface area contributed by atoms with E-state index in [4.69, 9.17) is 0 Å². The zero-order valence-electron chi connectivity index (χ0n) is 11.4. The van der Waals surface area contributed by atoms with Crippen molar-refractivity contribution in [3.05, 3.63) is 10.1 Å². The molecule has 5 rings (SSSR count). The summed E-state index contributed by atoms with van der Waals surface area (Å²) in [6, 6.07) is 0. The molecule has 1 N–H and O–H groups in total. The Morgan fingerprint density at radius 2 is 1.84 bits per heavy atom. The van der Waals surface area contributed by atoms with Gasteiger partial charge in [-0.3, -0.25) is 0 Å². The van der Waals surface area contributed by atoms with Crippen LogP contribution in [0.15, 0.2) is 5.18 Å². The molecule has 1 aliphatic heterocycles. The summed E-state index contributed by atoms with van der Waals surface area (Å²) in [7, 11) is 0. The highest BCUT2D eigenvalue weighted by atomic mass is 16.5. The fourth-order valence-corrected chi connectivity index (χ4v) is 7.50. The molecule has 0 aromatic heterocycles. The lowest BCUT2D eigenvalue weighted by Crippen LogP contribution is -2.99. The fourth-order valence-electron chi connectivity index (χ4n) is 7.50. The third-order valence-electron chi connectivity index (χ3n) is 7.71. The number of nitrogens with one attached hydrogen (secondary N) is 1. The molecule has 7 unspecified atom stereocenters. The van der Waals surface area contributed by atoms with Crippen LogP contribution < -0.4 is 5.06 Å². The number of hydrogen-bond acceptors (Lipinski definition) is 3. The van der Waals surface area contributed by atoms with Crippen LogP contribution in [-0.4, -0.2) is 16.6 Å². The molecule has 4 aliphatic carbocycles. The van der Waals surface area contributed by atoms with E-state index in [-0.39, 0.29) is 11.1 Å². The second kappa shape index (κ2) is 3.06. The Hall–Kier alpha value is -0.480. The molecular weight excluding hydrogens is 240 g/mol. The standard InChI is InChI=1S/C15H22N2O2/c18-16-13-6-2-1-4-10(8-13)12-11-5-3-7-14(9-11)15(12,13)17(14)19/h10-12,17H,1-9H2. The van der Waals surface area contributed by atoms with E-state index in [1.807, 2.05) is 0 Å². The van der Waals surface area contributed by atoms with Gasteiger partial charge in [0, 0.05) is 18.8 Å². The molecule has 19 heavy (non-hydrogen) atoms. The maximum Gasteiger partial charge on any atom is 0.185 e. The number of piperidine rings is 1. The van der Waals surface area contributed by atoms with Crippen molar-refractivity contribution in [3.63, 3.8) is 0 Å². The first-order valence-corrected chi connectivity index (χ1v) is 8.11. The van der Waals surface area contributed by atoms with Crippen molar-refractivity contribution in [1.82, 2.24) is 0 Å². The fraction of sp³-hybridized carbons (Fsp3) is 1.00. The van der Waals surface area contributed by atoms with E-state index in [9.17, 15) is 10.1 Å². The van der Waals surface area contributed by atoms with Crippen LogP contribution in [0.2, 0.25) is 0 Å². The van der Waals surface area contributed by atoms with Crippen molar-refractivity contribution in [2.75, 3.05) is 0 Å². The lowest BCUT2D eigenvalue weighted by molar-refractivity contribution is -0.778. The van der Waals surface area contributed by atoms with Gasteiger partial charge in [0.25, 0.3) is 0 Å². The van der Waals surface area contributed by atoms with E-state index in [1.54, 1.807) is 0 Å². The average molecular weight is 262 g/mol. The molecule has 4 bridgehead atoms. The van der Waals surface area contributed by atoms with Gasteiger partial charge in [0.15, 0.2) is 16.6 Å². The molecule has 0 aromatic rings. The number of hydroxylamine groups is 2. The van der Waals surface area contributed by atoms with Gasteiger partial charge in [-0.2, -0.15) is 0 Å². The van der Waals surface area contributed by atoms with Crippen LogP contribution in [0.25, 0.3) is 0 Å². The smallest absolute Gasteiger partial charge is 0.185 e. The average Bonchev–Trinajstić information content (AvgIpc) is 2.75. The molecule has 4 heteroatoms. The number of hydrogen-bond donors (Lipinski definition) is 1. The van der Waals surface area contributed by atoms with Crippen LogP contribution in [0.3, 0.4) is 0 Å². The van der Waals surface area contributed by atoms with Crippen molar-refractivity contribution in [2.45, 2.75) is 74.4 Å². The Morgan fingerprint density at radius 3 is 2.68 bits per heavy atom. The molecule has 4 nitrogen and oxygen atoms in total. The van der Waals surface area contributed by atoms with Gasteiger partial charge in [-0.1, -0.05) is 18.0 Å². The number of nitroso groups, excluding NO2 is 1. The zero-order valence-corrected chi connectivity index (χ0v) is 11.4. The summed E-state index contributed by atoms with van der Waals surface area (Å²) in [5, 5.41) is 17.0. The second-order valence-corrected chi connectivity index (χ2v) is 7.93. The number of nitrogens with zero attached hydrogens (tertiary/aromatic N) is 1. The lowest BCUT2D eigenvalue weighted by atomic mass is 9.74.